The first kappa shape index (κ1) is 14.9. The van der Waals surface area contributed by atoms with Crippen molar-refractivity contribution < 1.29 is 19.8 Å². The molecule has 1 aromatic rings. The van der Waals surface area contributed by atoms with Crippen LogP contribution in [-0.4, -0.2) is 49.6 Å². The number of urea groups is 1. The van der Waals surface area contributed by atoms with E-state index < -0.39 is 24.1 Å². The summed E-state index contributed by atoms with van der Waals surface area (Å²) in [5.74, 6) is -0.653. The van der Waals surface area contributed by atoms with Gasteiger partial charge in [-0.25, -0.2) is 9.59 Å². The van der Waals surface area contributed by atoms with E-state index in [1.165, 1.54) is 6.33 Å². The number of carbonyl (C=O) groups excluding carboxylic acids is 1. The Labute approximate surface area is 109 Å². The van der Waals surface area contributed by atoms with Crippen LogP contribution in [0.2, 0.25) is 0 Å². The second-order valence-electron chi connectivity index (χ2n) is 4.04. The van der Waals surface area contributed by atoms with E-state index in [9.17, 15) is 9.59 Å². The highest BCUT2D eigenvalue weighted by Crippen LogP contribution is 2.06. The predicted molar refractivity (Wildman–Crippen MR) is 64.2 cm³/mol. The number of aryl methyl sites for hydroxylation is 1. The molecule has 0 saturated carbocycles. The van der Waals surface area contributed by atoms with Crippen molar-refractivity contribution >= 4 is 12.0 Å². The van der Waals surface area contributed by atoms with Crippen molar-refractivity contribution in [1.29, 1.82) is 0 Å². The van der Waals surface area contributed by atoms with Gasteiger partial charge in [-0.15, -0.1) is 10.2 Å². The van der Waals surface area contributed by atoms with Crippen molar-refractivity contribution in [2.45, 2.75) is 25.4 Å². The van der Waals surface area contributed by atoms with E-state index in [0.29, 0.717) is 5.82 Å². The molecular formula is C10H17N5O4. The van der Waals surface area contributed by atoms with Crippen molar-refractivity contribution in [2.24, 2.45) is 7.05 Å². The average molecular weight is 271 g/mol. The lowest BCUT2D eigenvalue weighted by Crippen LogP contribution is -2.47. The third-order valence-electron chi connectivity index (χ3n) is 2.50. The second kappa shape index (κ2) is 6.69. The van der Waals surface area contributed by atoms with E-state index in [2.05, 4.69) is 20.8 Å². The summed E-state index contributed by atoms with van der Waals surface area (Å²) in [6, 6.07) is -2.19. The summed E-state index contributed by atoms with van der Waals surface area (Å²) >= 11 is 0. The molecule has 0 aromatic carbocycles. The Morgan fingerprint density at radius 2 is 2.16 bits per heavy atom. The molecule has 1 rings (SSSR count). The highest BCUT2D eigenvalue weighted by molar-refractivity contribution is 5.82. The lowest BCUT2D eigenvalue weighted by atomic mass is 10.2. The third kappa shape index (κ3) is 4.21. The SMILES string of the molecule is CC(NC(=O)N[C@H](CCO)C(=O)O)c1nncn1C. The molecule has 19 heavy (non-hydrogen) atoms. The molecule has 1 aromatic heterocycles. The molecule has 9 nitrogen and oxygen atoms in total. The molecule has 0 aliphatic carbocycles. The molecule has 0 fully saturated rings. The van der Waals surface area contributed by atoms with Crippen molar-refractivity contribution in [1.82, 2.24) is 25.4 Å². The van der Waals surface area contributed by atoms with Crippen molar-refractivity contribution in [3.63, 3.8) is 0 Å². The van der Waals surface area contributed by atoms with Gasteiger partial charge in [0.05, 0.1) is 6.04 Å². The minimum atomic E-state index is -1.20. The number of nitrogens with one attached hydrogen (secondary N) is 2. The third-order valence-corrected chi connectivity index (χ3v) is 2.50. The summed E-state index contributed by atoms with van der Waals surface area (Å²) in [5.41, 5.74) is 0. The van der Waals surface area contributed by atoms with Gasteiger partial charge in [0, 0.05) is 20.1 Å². The Morgan fingerprint density at radius 1 is 1.47 bits per heavy atom. The number of carbonyl (C=O) groups is 2. The number of hydrogen-bond acceptors (Lipinski definition) is 5. The number of aliphatic hydroxyl groups excluding tert-OH is 1. The number of carboxylic acid groups (broad SMARTS) is 1. The van der Waals surface area contributed by atoms with Crippen LogP contribution in [0.1, 0.15) is 25.2 Å². The van der Waals surface area contributed by atoms with Gasteiger partial charge >= 0.3 is 12.0 Å². The van der Waals surface area contributed by atoms with Gasteiger partial charge < -0.3 is 25.4 Å². The van der Waals surface area contributed by atoms with Gasteiger partial charge in [-0.05, 0) is 6.92 Å². The van der Waals surface area contributed by atoms with Crippen LogP contribution in [0.25, 0.3) is 0 Å². The summed E-state index contributed by atoms with van der Waals surface area (Å²) in [6.07, 6.45) is 1.44. The Hall–Kier alpha value is -2.16. The standard InChI is InChI=1S/C10H17N5O4/c1-6(8-14-11-5-15(8)2)12-10(19)13-7(3-4-16)9(17)18/h5-7,16H,3-4H2,1-2H3,(H,17,18)(H2,12,13,19)/t6?,7-/m1/s1. The van der Waals surface area contributed by atoms with Gasteiger partial charge in [0.1, 0.15) is 12.4 Å². The maximum absolute atomic E-state index is 11.6. The first-order valence-electron chi connectivity index (χ1n) is 5.70. The zero-order valence-corrected chi connectivity index (χ0v) is 10.7. The topological polar surface area (TPSA) is 129 Å². The van der Waals surface area contributed by atoms with Crippen molar-refractivity contribution in [2.75, 3.05) is 6.61 Å². The van der Waals surface area contributed by atoms with Crippen LogP contribution in [0, 0.1) is 0 Å². The Bertz CT molecular complexity index is 447. The minimum absolute atomic E-state index is 0.0545. The van der Waals surface area contributed by atoms with Gasteiger partial charge in [0.2, 0.25) is 0 Å². The number of amides is 2. The van der Waals surface area contributed by atoms with Gasteiger partial charge in [-0.2, -0.15) is 0 Å². The molecular weight excluding hydrogens is 254 g/mol. The quantitative estimate of drug-likeness (QED) is 0.525. The Kier molecular flexibility index (Phi) is 5.24. The van der Waals surface area contributed by atoms with E-state index in [1.54, 1.807) is 18.5 Å². The molecule has 1 heterocycles. The van der Waals surface area contributed by atoms with E-state index in [-0.39, 0.29) is 13.0 Å². The number of aliphatic carboxylic acids is 1. The minimum Gasteiger partial charge on any atom is -0.480 e. The van der Waals surface area contributed by atoms with Crippen LogP contribution < -0.4 is 10.6 Å². The summed E-state index contributed by atoms with van der Waals surface area (Å²) in [7, 11) is 1.73. The van der Waals surface area contributed by atoms with Crippen molar-refractivity contribution in [3.05, 3.63) is 12.2 Å². The fourth-order valence-electron chi connectivity index (χ4n) is 1.53. The van der Waals surface area contributed by atoms with Crippen LogP contribution in [0.15, 0.2) is 6.33 Å². The number of hydrogen-bond donors (Lipinski definition) is 4. The van der Waals surface area contributed by atoms with Crippen LogP contribution in [0.5, 0.6) is 0 Å². The summed E-state index contributed by atoms with van der Waals surface area (Å²) in [4.78, 5) is 22.4. The highest BCUT2D eigenvalue weighted by Gasteiger charge is 2.21. The molecule has 2 amide bonds. The van der Waals surface area contributed by atoms with Crippen molar-refractivity contribution in [3.8, 4) is 0 Å². The molecule has 0 saturated heterocycles. The molecule has 4 N–H and O–H groups in total. The summed E-state index contributed by atoms with van der Waals surface area (Å²) in [5, 5.41) is 29.9. The molecule has 0 aliphatic rings. The molecule has 0 radical (unpaired) electrons. The smallest absolute Gasteiger partial charge is 0.326 e. The fourth-order valence-corrected chi connectivity index (χ4v) is 1.53. The van der Waals surface area contributed by atoms with Gasteiger partial charge in [-0.3, -0.25) is 0 Å². The molecule has 0 bridgehead atoms. The predicted octanol–water partition coefficient (Wildman–Crippen LogP) is -0.989. The Balaban J connectivity index is 2.55. The monoisotopic (exact) mass is 271 g/mol. The van der Waals surface area contributed by atoms with E-state index in [1.807, 2.05) is 0 Å². The number of rotatable bonds is 6. The number of aliphatic hydroxyl groups is 1. The maximum Gasteiger partial charge on any atom is 0.326 e. The molecule has 1 unspecified atom stereocenters. The number of nitrogens with zero attached hydrogens (tertiary/aromatic N) is 3. The fraction of sp³-hybridized carbons (Fsp3) is 0.600. The Morgan fingerprint density at radius 3 is 2.63 bits per heavy atom. The normalized spacial score (nSPS) is 13.6. The molecule has 9 heteroatoms. The van der Waals surface area contributed by atoms with Crippen LogP contribution in [0.4, 0.5) is 4.79 Å². The van der Waals surface area contributed by atoms with Gasteiger partial charge in [0.15, 0.2) is 5.82 Å². The first-order valence-corrected chi connectivity index (χ1v) is 5.70. The number of aromatic nitrogens is 3. The average Bonchev–Trinajstić information content (AvgIpc) is 2.74. The molecule has 106 valence electrons. The largest absolute Gasteiger partial charge is 0.480 e. The number of carboxylic acids is 1. The summed E-state index contributed by atoms with van der Waals surface area (Å²) in [6.45, 7) is 1.38. The van der Waals surface area contributed by atoms with E-state index in [0.717, 1.165) is 0 Å². The van der Waals surface area contributed by atoms with Gasteiger partial charge in [-0.1, -0.05) is 0 Å². The first-order chi connectivity index (χ1) is 8.95. The summed E-state index contributed by atoms with van der Waals surface area (Å²) < 4.78 is 1.65. The zero-order chi connectivity index (χ0) is 14.4. The lowest BCUT2D eigenvalue weighted by molar-refractivity contribution is -0.139. The second-order valence-corrected chi connectivity index (χ2v) is 4.04. The van der Waals surface area contributed by atoms with Crippen LogP contribution in [-0.2, 0) is 11.8 Å². The molecule has 0 spiro atoms. The highest BCUT2D eigenvalue weighted by atomic mass is 16.4. The van der Waals surface area contributed by atoms with Crippen LogP contribution in [0.3, 0.4) is 0 Å². The van der Waals surface area contributed by atoms with Crippen LogP contribution >= 0.6 is 0 Å². The maximum atomic E-state index is 11.6. The lowest BCUT2D eigenvalue weighted by Gasteiger charge is -2.17. The molecule has 2 atom stereocenters. The zero-order valence-electron chi connectivity index (χ0n) is 10.7. The van der Waals surface area contributed by atoms with E-state index in [4.69, 9.17) is 10.2 Å². The van der Waals surface area contributed by atoms with E-state index >= 15 is 0 Å². The molecule has 0 aliphatic heterocycles. The van der Waals surface area contributed by atoms with Gasteiger partial charge in [0.25, 0.3) is 0 Å².